The molecule has 0 aliphatic rings. The topological polar surface area (TPSA) is 78.9 Å². The van der Waals surface area contributed by atoms with Gasteiger partial charge in [-0.15, -0.1) is 0 Å². The van der Waals surface area contributed by atoms with Gasteiger partial charge < -0.3 is 14.2 Å². The maximum atomic E-state index is 12.9. The van der Waals surface area contributed by atoms with Crippen molar-refractivity contribution >= 4 is 17.9 Å². The van der Waals surface area contributed by atoms with Crippen molar-refractivity contribution in [3.8, 4) is 0 Å². The number of rotatable bonds is 53. The highest BCUT2D eigenvalue weighted by molar-refractivity contribution is 5.71. The van der Waals surface area contributed by atoms with Gasteiger partial charge in [-0.25, -0.2) is 0 Å². The normalized spacial score (nSPS) is 13.1. The van der Waals surface area contributed by atoms with E-state index in [1.165, 1.54) is 83.5 Å². The fourth-order valence-corrected chi connectivity index (χ4v) is 7.97. The SMILES string of the molecule is CC/C=C\C/C=C\C/C=C\C/C=C\C/C=C\C/C=C\CCC(=O)OC(COC(=O)CCCCCCC/C=C\C/C=C\C/C=C\C/C=C\C/C=C\CC)COC(=O)CCCCCCCCCCCCCCCCCC. The summed E-state index contributed by atoms with van der Waals surface area (Å²) >= 11 is 0. The highest BCUT2D eigenvalue weighted by atomic mass is 16.6. The summed E-state index contributed by atoms with van der Waals surface area (Å²) in [5.74, 6) is -1.02. The maximum absolute atomic E-state index is 12.9. The predicted octanol–water partition coefficient (Wildman–Crippen LogP) is 20.6. The van der Waals surface area contributed by atoms with Crippen LogP contribution in [-0.4, -0.2) is 37.2 Å². The first kappa shape index (κ1) is 69.5. The van der Waals surface area contributed by atoms with Gasteiger partial charge in [0.2, 0.25) is 0 Å². The number of hydrogen-bond acceptors (Lipinski definition) is 6. The fourth-order valence-electron chi connectivity index (χ4n) is 7.97. The van der Waals surface area contributed by atoms with E-state index in [9.17, 15) is 14.4 Å². The van der Waals surface area contributed by atoms with Crippen molar-refractivity contribution in [3.63, 3.8) is 0 Å². The lowest BCUT2D eigenvalue weighted by Gasteiger charge is -2.18. The highest BCUT2D eigenvalue weighted by Gasteiger charge is 2.19. The van der Waals surface area contributed by atoms with Crippen LogP contribution in [0.1, 0.15) is 258 Å². The summed E-state index contributed by atoms with van der Waals surface area (Å²) in [7, 11) is 0. The summed E-state index contributed by atoms with van der Waals surface area (Å²) in [6.07, 6.45) is 86.0. The van der Waals surface area contributed by atoms with Crippen LogP contribution in [0.2, 0.25) is 0 Å². The van der Waals surface area contributed by atoms with Gasteiger partial charge in [0, 0.05) is 19.3 Å². The number of unbranched alkanes of at least 4 members (excludes halogenated alkanes) is 20. The smallest absolute Gasteiger partial charge is 0.306 e. The van der Waals surface area contributed by atoms with E-state index in [1.807, 2.05) is 12.2 Å². The molecule has 0 aromatic carbocycles. The zero-order chi connectivity index (χ0) is 53.6. The zero-order valence-electron chi connectivity index (χ0n) is 47.8. The third-order valence-corrected chi connectivity index (χ3v) is 12.4. The van der Waals surface area contributed by atoms with E-state index >= 15 is 0 Å². The third kappa shape index (κ3) is 58.4. The average Bonchev–Trinajstić information content (AvgIpc) is 3.40. The van der Waals surface area contributed by atoms with Crippen molar-refractivity contribution in [3.05, 3.63) is 134 Å². The highest BCUT2D eigenvalue weighted by Crippen LogP contribution is 2.15. The van der Waals surface area contributed by atoms with Gasteiger partial charge in [-0.3, -0.25) is 14.4 Å². The van der Waals surface area contributed by atoms with Gasteiger partial charge in [0.1, 0.15) is 13.2 Å². The Morgan fingerprint density at radius 3 is 0.878 bits per heavy atom. The van der Waals surface area contributed by atoms with Crippen LogP contribution in [0.4, 0.5) is 0 Å². The second-order valence-electron chi connectivity index (χ2n) is 19.5. The molecule has 0 saturated carbocycles. The lowest BCUT2D eigenvalue weighted by Crippen LogP contribution is -2.30. The van der Waals surface area contributed by atoms with E-state index < -0.39 is 12.1 Å². The van der Waals surface area contributed by atoms with Crippen LogP contribution in [0, 0.1) is 0 Å². The molecule has 74 heavy (non-hydrogen) atoms. The average molecular weight is 1020 g/mol. The van der Waals surface area contributed by atoms with Gasteiger partial charge in [-0.05, 0) is 103 Å². The van der Waals surface area contributed by atoms with Gasteiger partial charge >= 0.3 is 17.9 Å². The van der Waals surface area contributed by atoms with Crippen molar-refractivity contribution in [2.24, 2.45) is 0 Å². The van der Waals surface area contributed by atoms with E-state index in [0.29, 0.717) is 19.3 Å². The van der Waals surface area contributed by atoms with Crippen molar-refractivity contribution < 1.29 is 28.6 Å². The zero-order valence-corrected chi connectivity index (χ0v) is 47.8. The summed E-state index contributed by atoms with van der Waals surface area (Å²) in [5.41, 5.74) is 0. The standard InChI is InChI=1S/C68H110O6/c1-4-7-10-13-16-19-22-25-28-31-33-34-36-37-40-43-46-49-52-55-58-61-67(70)73-64-65(63-72-66(69)60-57-54-51-48-45-42-39-30-27-24-21-18-15-12-9-6-3)74-68(71)62-59-56-53-50-47-44-41-38-35-32-29-26-23-20-17-14-11-8-5-2/h7-8,10-11,16-17,19-20,25-26,28-29,33-35,37-38,40,44,47,53,56,65H,4-6,9,12-15,18,21-24,27,30-32,36,39,41-43,45-46,48-52,54-55,57-64H2,1-3H3/b10-7-,11-8-,19-16-,20-17-,28-25-,29-26-,34-33-,38-35-,40-37-,47-44-,56-53-. The molecule has 0 radical (unpaired) electrons. The van der Waals surface area contributed by atoms with Crippen LogP contribution >= 0.6 is 0 Å². The molecule has 0 aliphatic heterocycles. The van der Waals surface area contributed by atoms with Crippen molar-refractivity contribution in [1.82, 2.24) is 0 Å². The molecule has 0 aliphatic carbocycles. The summed E-state index contributed by atoms with van der Waals surface area (Å²) in [6.45, 7) is 6.34. The lowest BCUT2D eigenvalue weighted by atomic mass is 10.0. The second kappa shape index (κ2) is 61.1. The van der Waals surface area contributed by atoms with Gasteiger partial charge in [-0.1, -0.05) is 270 Å². The Hall–Kier alpha value is -4.45. The molecule has 418 valence electrons. The molecular weight excluding hydrogens is 913 g/mol. The van der Waals surface area contributed by atoms with Crippen LogP contribution in [-0.2, 0) is 28.6 Å². The monoisotopic (exact) mass is 1020 g/mol. The van der Waals surface area contributed by atoms with E-state index in [2.05, 4.69) is 142 Å². The minimum absolute atomic E-state index is 0.117. The van der Waals surface area contributed by atoms with Gasteiger partial charge in [0.25, 0.3) is 0 Å². The Morgan fingerprint density at radius 1 is 0.284 bits per heavy atom. The maximum Gasteiger partial charge on any atom is 0.306 e. The largest absolute Gasteiger partial charge is 0.462 e. The Bertz CT molecular complexity index is 1600. The minimum Gasteiger partial charge on any atom is -0.462 e. The molecule has 0 saturated heterocycles. The Labute approximate surface area is 455 Å². The Kier molecular flexibility index (Phi) is 57.4. The molecule has 6 nitrogen and oxygen atoms in total. The van der Waals surface area contributed by atoms with Crippen LogP contribution in [0.15, 0.2) is 134 Å². The number of esters is 3. The molecule has 0 rings (SSSR count). The molecule has 1 unspecified atom stereocenters. The first-order valence-electron chi connectivity index (χ1n) is 30.2. The molecule has 0 aromatic heterocycles. The Morgan fingerprint density at radius 2 is 0.554 bits per heavy atom. The van der Waals surface area contributed by atoms with Crippen LogP contribution in [0.3, 0.4) is 0 Å². The van der Waals surface area contributed by atoms with Gasteiger partial charge in [0.15, 0.2) is 6.10 Å². The van der Waals surface area contributed by atoms with Crippen molar-refractivity contribution in [2.75, 3.05) is 13.2 Å². The number of allylic oxidation sites excluding steroid dienone is 22. The molecule has 0 amide bonds. The van der Waals surface area contributed by atoms with Gasteiger partial charge in [-0.2, -0.15) is 0 Å². The van der Waals surface area contributed by atoms with Crippen molar-refractivity contribution in [1.29, 1.82) is 0 Å². The predicted molar refractivity (Wildman–Crippen MR) is 320 cm³/mol. The van der Waals surface area contributed by atoms with E-state index in [-0.39, 0.29) is 31.6 Å². The van der Waals surface area contributed by atoms with Crippen LogP contribution in [0.25, 0.3) is 0 Å². The Balaban J connectivity index is 4.54. The molecule has 0 heterocycles. The molecule has 6 heteroatoms. The number of ether oxygens (including phenoxy) is 3. The summed E-state index contributed by atoms with van der Waals surface area (Å²) < 4.78 is 16.8. The molecule has 0 bridgehead atoms. The lowest BCUT2D eigenvalue weighted by molar-refractivity contribution is -0.166. The molecule has 1 atom stereocenters. The fraction of sp³-hybridized carbons (Fsp3) is 0.632. The summed E-state index contributed by atoms with van der Waals surface area (Å²) in [6, 6.07) is 0. The van der Waals surface area contributed by atoms with Crippen LogP contribution in [0.5, 0.6) is 0 Å². The minimum atomic E-state index is -0.831. The third-order valence-electron chi connectivity index (χ3n) is 12.4. The molecule has 0 fully saturated rings. The van der Waals surface area contributed by atoms with Crippen molar-refractivity contribution in [2.45, 2.75) is 264 Å². The van der Waals surface area contributed by atoms with E-state index in [1.54, 1.807) is 0 Å². The van der Waals surface area contributed by atoms with Gasteiger partial charge in [0.05, 0.1) is 0 Å². The summed E-state index contributed by atoms with van der Waals surface area (Å²) in [4.78, 5) is 38.2. The molecule has 0 aromatic rings. The number of carbonyl (C=O) groups excluding carboxylic acids is 3. The number of hydrogen-bond donors (Lipinski definition) is 0. The molecule has 0 N–H and O–H groups in total. The summed E-state index contributed by atoms with van der Waals surface area (Å²) in [5, 5.41) is 0. The van der Waals surface area contributed by atoms with E-state index in [0.717, 1.165) is 128 Å². The molecule has 0 spiro atoms. The van der Waals surface area contributed by atoms with Crippen LogP contribution < -0.4 is 0 Å². The second-order valence-corrected chi connectivity index (χ2v) is 19.5. The molecular formula is C68H110O6. The first-order valence-corrected chi connectivity index (χ1v) is 30.2. The quantitative estimate of drug-likeness (QED) is 0.0261. The number of carbonyl (C=O) groups is 3. The first-order chi connectivity index (χ1) is 36.5. The van der Waals surface area contributed by atoms with E-state index in [4.69, 9.17) is 14.2 Å².